The number of imidazole rings is 1. The summed E-state index contributed by atoms with van der Waals surface area (Å²) in [5.41, 5.74) is 1.74. The summed E-state index contributed by atoms with van der Waals surface area (Å²) < 4.78 is 5.23. The van der Waals surface area contributed by atoms with Crippen molar-refractivity contribution in [3.8, 4) is 17.4 Å². The first-order valence-corrected chi connectivity index (χ1v) is 14.6. The second-order valence-electron chi connectivity index (χ2n) is 10.6. The average Bonchev–Trinajstić information content (AvgIpc) is 3.52. The third-order valence-electron chi connectivity index (χ3n) is 7.68. The van der Waals surface area contributed by atoms with E-state index in [4.69, 9.17) is 21.3 Å². The zero-order chi connectivity index (χ0) is 28.8. The van der Waals surface area contributed by atoms with Crippen molar-refractivity contribution < 1.29 is 14.3 Å². The SMILES string of the molecule is COc1ccc(CCNC(=O)C2CN(C(=O)NC3CCCCC3)CCN2c2cc(C)nc(-c3ncc[nH]3)n2)cc1Cl. The highest BCUT2D eigenvalue weighted by molar-refractivity contribution is 6.32. The van der Waals surface area contributed by atoms with Crippen LogP contribution in [-0.2, 0) is 11.2 Å². The Balaban J connectivity index is 1.32. The number of benzene rings is 1. The lowest BCUT2D eigenvalue weighted by molar-refractivity contribution is -0.123. The molecule has 0 radical (unpaired) electrons. The number of rotatable bonds is 8. The topological polar surface area (TPSA) is 128 Å². The number of methoxy groups -OCH3 is 1. The molecule has 0 bridgehead atoms. The first-order valence-electron chi connectivity index (χ1n) is 14.2. The third-order valence-corrected chi connectivity index (χ3v) is 7.97. The van der Waals surface area contributed by atoms with Gasteiger partial charge < -0.3 is 30.2 Å². The maximum Gasteiger partial charge on any atom is 0.317 e. The minimum atomic E-state index is -0.626. The summed E-state index contributed by atoms with van der Waals surface area (Å²) in [7, 11) is 1.58. The molecule has 1 aliphatic heterocycles. The van der Waals surface area contributed by atoms with E-state index in [0.717, 1.165) is 36.9 Å². The smallest absolute Gasteiger partial charge is 0.317 e. The van der Waals surface area contributed by atoms with Crippen LogP contribution in [0.3, 0.4) is 0 Å². The predicted molar refractivity (Wildman–Crippen MR) is 157 cm³/mol. The van der Waals surface area contributed by atoms with Crippen LogP contribution in [0.4, 0.5) is 10.6 Å². The number of hydrogen-bond acceptors (Lipinski definition) is 7. The quantitative estimate of drug-likeness (QED) is 0.370. The Morgan fingerprint density at radius 2 is 1.98 bits per heavy atom. The largest absolute Gasteiger partial charge is 0.495 e. The Morgan fingerprint density at radius 1 is 1.15 bits per heavy atom. The van der Waals surface area contributed by atoms with Gasteiger partial charge in [-0.1, -0.05) is 36.9 Å². The predicted octanol–water partition coefficient (Wildman–Crippen LogP) is 3.73. The van der Waals surface area contributed by atoms with Crippen molar-refractivity contribution in [2.45, 2.75) is 57.5 Å². The average molecular weight is 581 g/mol. The minimum Gasteiger partial charge on any atom is -0.495 e. The Bertz CT molecular complexity index is 1350. The number of aromatic nitrogens is 4. The van der Waals surface area contributed by atoms with Crippen LogP contribution in [0, 0.1) is 6.92 Å². The minimum absolute atomic E-state index is 0.114. The molecule has 218 valence electrons. The molecule has 12 heteroatoms. The van der Waals surface area contributed by atoms with E-state index in [1.807, 2.05) is 36.1 Å². The van der Waals surface area contributed by atoms with Crippen molar-refractivity contribution in [3.05, 3.63) is 52.9 Å². The fraction of sp³-hybridized carbons (Fsp3) is 0.483. The summed E-state index contributed by atoms with van der Waals surface area (Å²) in [6.45, 7) is 3.49. The molecule has 3 aromatic rings. The van der Waals surface area contributed by atoms with E-state index in [1.54, 1.807) is 24.4 Å². The molecular formula is C29H37ClN8O3. The lowest BCUT2D eigenvalue weighted by Gasteiger charge is -2.41. The van der Waals surface area contributed by atoms with Crippen LogP contribution in [0.25, 0.3) is 11.6 Å². The van der Waals surface area contributed by atoms with Gasteiger partial charge in [0.05, 0.1) is 18.7 Å². The number of urea groups is 1. The molecule has 5 rings (SSSR count). The molecule has 1 atom stereocenters. The van der Waals surface area contributed by atoms with E-state index < -0.39 is 6.04 Å². The van der Waals surface area contributed by atoms with Gasteiger partial charge >= 0.3 is 6.03 Å². The summed E-state index contributed by atoms with van der Waals surface area (Å²) >= 11 is 6.28. The van der Waals surface area contributed by atoms with Gasteiger partial charge in [0, 0.05) is 49.8 Å². The van der Waals surface area contributed by atoms with Crippen molar-refractivity contribution in [2.24, 2.45) is 0 Å². The molecule has 2 fully saturated rings. The maximum atomic E-state index is 13.7. The number of aryl methyl sites for hydroxylation is 1. The summed E-state index contributed by atoms with van der Waals surface area (Å²) in [6.07, 6.45) is 9.45. The van der Waals surface area contributed by atoms with Crippen molar-refractivity contribution in [2.75, 3.05) is 38.2 Å². The number of carbonyl (C=O) groups is 2. The molecule has 1 saturated heterocycles. The summed E-state index contributed by atoms with van der Waals surface area (Å²) in [6, 6.07) is 6.91. The van der Waals surface area contributed by atoms with Crippen molar-refractivity contribution >= 4 is 29.4 Å². The van der Waals surface area contributed by atoms with E-state index >= 15 is 0 Å². The fourth-order valence-corrected chi connectivity index (χ4v) is 5.76. The number of hydrogen-bond donors (Lipinski definition) is 3. The number of ether oxygens (including phenoxy) is 1. The molecule has 3 N–H and O–H groups in total. The Morgan fingerprint density at radius 3 is 2.71 bits per heavy atom. The number of amides is 3. The second-order valence-corrected chi connectivity index (χ2v) is 11.0. The molecule has 11 nitrogen and oxygen atoms in total. The number of anilines is 1. The van der Waals surface area contributed by atoms with E-state index in [2.05, 4.69) is 25.6 Å². The van der Waals surface area contributed by atoms with Gasteiger partial charge in [0.15, 0.2) is 11.6 Å². The lowest BCUT2D eigenvalue weighted by Crippen LogP contribution is -2.62. The number of aromatic amines is 1. The Hall–Kier alpha value is -3.86. The number of halogens is 1. The van der Waals surface area contributed by atoms with E-state index in [1.165, 1.54) is 6.42 Å². The molecular weight excluding hydrogens is 544 g/mol. The normalized spacial score (nSPS) is 17.8. The standard InChI is InChI=1S/C29H37ClN8O3/c1-19-16-25(36-27(34-19)26-31-12-13-32-26)38-15-14-37(29(40)35-21-6-4-3-5-7-21)18-23(38)28(39)33-11-10-20-8-9-24(41-2)22(30)17-20/h8-9,12-13,16-17,21,23H,3-7,10-11,14-15,18H2,1-2H3,(H,31,32)(H,33,39)(H,35,40). The molecule has 3 heterocycles. The van der Waals surface area contributed by atoms with Crippen LogP contribution in [0.15, 0.2) is 36.7 Å². The Labute approximate surface area is 245 Å². The van der Waals surface area contributed by atoms with E-state index in [-0.39, 0.29) is 24.5 Å². The van der Waals surface area contributed by atoms with Crippen LogP contribution in [0.1, 0.15) is 43.4 Å². The number of carbonyl (C=O) groups excluding carboxylic acids is 2. The van der Waals surface area contributed by atoms with Gasteiger partial charge in [-0.05, 0) is 43.9 Å². The molecule has 2 aromatic heterocycles. The number of H-pyrrole nitrogens is 1. The van der Waals surface area contributed by atoms with Crippen molar-refractivity contribution in [1.82, 2.24) is 35.5 Å². The third kappa shape index (κ3) is 7.08. The molecule has 1 saturated carbocycles. The molecule has 1 aliphatic carbocycles. The molecule has 1 unspecified atom stereocenters. The van der Waals surface area contributed by atoms with Gasteiger partial charge in [-0.15, -0.1) is 0 Å². The second kappa shape index (κ2) is 13.2. The van der Waals surface area contributed by atoms with Gasteiger partial charge in [0.25, 0.3) is 0 Å². The van der Waals surface area contributed by atoms with Gasteiger partial charge in [0.2, 0.25) is 5.91 Å². The van der Waals surface area contributed by atoms with Crippen LogP contribution >= 0.6 is 11.6 Å². The number of piperazine rings is 1. The fourth-order valence-electron chi connectivity index (χ4n) is 5.48. The zero-order valence-electron chi connectivity index (χ0n) is 23.5. The first-order chi connectivity index (χ1) is 19.9. The summed E-state index contributed by atoms with van der Waals surface area (Å²) in [4.78, 5) is 47.2. The van der Waals surface area contributed by atoms with E-state index in [9.17, 15) is 9.59 Å². The van der Waals surface area contributed by atoms with Gasteiger partial charge in [0.1, 0.15) is 17.6 Å². The number of nitrogens with one attached hydrogen (secondary N) is 3. The Kier molecular flexibility index (Phi) is 9.23. The highest BCUT2D eigenvalue weighted by atomic mass is 35.5. The molecule has 0 spiro atoms. The first kappa shape index (κ1) is 28.7. The molecule has 41 heavy (non-hydrogen) atoms. The van der Waals surface area contributed by atoms with E-state index in [0.29, 0.717) is 54.3 Å². The molecule has 3 amide bonds. The van der Waals surface area contributed by atoms with Crippen LogP contribution in [0.5, 0.6) is 5.75 Å². The maximum absolute atomic E-state index is 13.7. The van der Waals surface area contributed by atoms with Gasteiger partial charge in [-0.25, -0.2) is 19.7 Å². The molecule has 1 aromatic carbocycles. The van der Waals surface area contributed by atoms with Gasteiger partial charge in [-0.3, -0.25) is 4.79 Å². The zero-order valence-corrected chi connectivity index (χ0v) is 24.3. The lowest BCUT2D eigenvalue weighted by atomic mass is 9.96. The van der Waals surface area contributed by atoms with Crippen LogP contribution < -0.4 is 20.3 Å². The highest BCUT2D eigenvalue weighted by Gasteiger charge is 2.36. The van der Waals surface area contributed by atoms with Crippen LogP contribution in [-0.4, -0.2) is 82.1 Å². The summed E-state index contributed by atoms with van der Waals surface area (Å²) in [5, 5.41) is 6.79. The van der Waals surface area contributed by atoms with Gasteiger partial charge in [-0.2, -0.15) is 0 Å². The summed E-state index contributed by atoms with van der Waals surface area (Å²) in [5.74, 6) is 2.07. The van der Waals surface area contributed by atoms with Crippen molar-refractivity contribution in [3.63, 3.8) is 0 Å². The highest BCUT2D eigenvalue weighted by Crippen LogP contribution is 2.26. The molecule has 2 aliphatic rings. The van der Waals surface area contributed by atoms with Crippen LogP contribution in [0.2, 0.25) is 5.02 Å². The van der Waals surface area contributed by atoms with Crippen molar-refractivity contribution in [1.29, 1.82) is 0 Å². The monoisotopic (exact) mass is 580 g/mol. The number of nitrogens with zero attached hydrogens (tertiary/aromatic N) is 5.